The highest BCUT2D eigenvalue weighted by atomic mass is 32.5. The molecule has 21 heavy (non-hydrogen) atoms. The molecule has 5 nitrogen and oxygen atoms in total. The molecule has 1 aromatic carbocycles. The van der Waals surface area contributed by atoms with Gasteiger partial charge in [0.15, 0.2) is 0 Å². The number of carbonyl (C=O) groups excluding carboxylic acids is 1. The Kier molecular flexibility index (Phi) is 3.74. The Labute approximate surface area is 141 Å². The van der Waals surface area contributed by atoms with Crippen LogP contribution < -0.4 is 9.61 Å². The lowest BCUT2D eigenvalue weighted by molar-refractivity contribution is 0.0376. The molecule has 1 atom stereocenters. The minimum Gasteiger partial charge on any atom is -0.459 e. The van der Waals surface area contributed by atoms with Gasteiger partial charge in [0.2, 0.25) is 0 Å². The summed E-state index contributed by atoms with van der Waals surface area (Å²) in [7, 11) is 1.09. The highest BCUT2D eigenvalue weighted by molar-refractivity contribution is 8.09. The molecule has 0 aliphatic carbocycles. The van der Waals surface area contributed by atoms with Gasteiger partial charge in [0.25, 0.3) is 0 Å². The Hall–Kier alpha value is -0.940. The number of hydrogen-bond donors (Lipinski definition) is 1. The number of carbonyl (C=O) groups is 1. The van der Waals surface area contributed by atoms with E-state index < -0.39 is 38.4 Å². The van der Waals surface area contributed by atoms with Gasteiger partial charge in [-0.25, -0.2) is 9.88 Å². The minimum atomic E-state index is -3.87. The molecule has 0 radical (unpaired) electrons. The third-order valence-corrected chi connectivity index (χ3v) is 4.52. The van der Waals surface area contributed by atoms with Crippen molar-refractivity contribution in [3.63, 3.8) is 0 Å². The molecule has 118 valence electrons. The molecule has 0 aliphatic heterocycles. The Morgan fingerprint density at radius 1 is 1.43 bits per heavy atom. The number of benzene rings is 1. The van der Waals surface area contributed by atoms with Crippen LogP contribution in [0.25, 0.3) is 0 Å². The molecule has 0 aliphatic rings. The average Bonchev–Trinajstić information content (AvgIpc) is 2.52. The molecule has 0 aromatic heterocycles. The van der Waals surface area contributed by atoms with E-state index in [1.165, 1.54) is 18.2 Å². The maximum Gasteiger partial charge on any atom is 0.342 e. The van der Waals surface area contributed by atoms with Gasteiger partial charge in [0.1, 0.15) is 11.3 Å². The van der Waals surface area contributed by atoms with Crippen LogP contribution in [0.4, 0.5) is 0 Å². The van der Waals surface area contributed by atoms with Crippen molar-refractivity contribution in [1.29, 1.82) is 0 Å². The summed E-state index contributed by atoms with van der Waals surface area (Å²) < 4.78 is 68.6. The zero-order valence-electron chi connectivity index (χ0n) is 18.9. The van der Waals surface area contributed by atoms with E-state index in [-0.39, 0.29) is 11.3 Å². The average molecular weight is 338 g/mol. The van der Waals surface area contributed by atoms with Crippen LogP contribution in [-0.2, 0) is 21.1 Å². The standard InChI is InChI=1S/C14H22NO4PS/c1-10(2)15-20(21,17-5)19-13-9-7-6-8-12(13)14(16)18-11(3)4/h6-11H,1-5H3,(H,15,21)/i1D3,2D3,10D. The van der Waals surface area contributed by atoms with Crippen LogP contribution in [-0.4, -0.2) is 25.2 Å². The molecule has 1 unspecified atom stereocenters. The third kappa shape index (κ3) is 5.75. The predicted molar refractivity (Wildman–Crippen MR) is 87.2 cm³/mol. The van der Waals surface area contributed by atoms with E-state index in [9.17, 15) is 4.79 Å². The summed E-state index contributed by atoms with van der Waals surface area (Å²) >= 11 is 5.19. The lowest BCUT2D eigenvalue weighted by atomic mass is 10.2. The van der Waals surface area contributed by atoms with Gasteiger partial charge in [-0.05, 0) is 51.5 Å². The van der Waals surface area contributed by atoms with Crippen molar-refractivity contribution in [3.05, 3.63) is 29.8 Å². The van der Waals surface area contributed by atoms with E-state index in [1.807, 2.05) is 0 Å². The van der Waals surface area contributed by atoms with E-state index in [1.54, 1.807) is 19.9 Å². The van der Waals surface area contributed by atoms with Crippen molar-refractivity contribution in [2.75, 3.05) is 7.11 Å². The number of rotatable bonds is 7. The van der Waals surface area contributed by atoms with Crippen LogP contribution >= 0.6 is 6.64 Å². The van der Waals surface area contributed by atoms with Gasteiger partial charge in [-0.15, -0.1) is 0 Å². The Morgan fingerprint density at radius 3 is 2.67 bits per heavy atom. The Balaban J connectivity index is 3.32. The second kappa shape index (κ2) is 7.90. The summed E-state index contributed by atoms with van der Waals surface area (Å²) in [6, 6.07) is 2.69. The molecule has 1 rings (SSSR count). The second-order valence-corrected chi connectivity index (χ2v) is 7.42. The first-order valence-electron chi connectivity index (χ1n) is 9.51. The van der Waals surface area contributed by atoms with Crippen LogP contribution in [0.5, 0.6) is 5.75 Å². The monoisotopic (exact) mass is 338 g/mol. The molecule has 0 heterocycles. The zero-order valence-corrected chi connectivity index (χ0v) is 13.6. The molecule has 7 heteroatoms. The summed E-state index contributed by atoms with van der Waals surface area (Å²) in [5, 5.41) is 2.06. The van der Waals surface area contributed by atoms with E-state index in [0.29, 0.717) is 0 Å². The van der Waals surface area contributed by atoms with Crippen molar-refractivity contribution in [3.8, 4) is 5.75 Å². The molecule has 0 amide bonds. The van der Waals surface area contributed by atoms with Crippen molar-refractivity contribution in [2.45, 2.75) is 39.7 Å². The molecule has 0 fully saturated rings. The molecule has 0 saturated heterocycles. The summed E-state index contributed by atoms with van der Waals surface area (Å²) in [4.78, 5) is 12.3. The van der Waals surface area contributed by atoms with E-state index in [0.717, 1.165) is 7.11 Å². The summed E-state index contributed by atoms with van der Waals surface area (Å²) in [6.45, 7) is -7.11. The lowest BCUT2D eigenvalue weighted by Gasteiger charge is -2.24. The van der Waals surface area contributed by atoms with Crippen molar-refractivity contribution in [1.82, 2.24) is 5.09 Å². The third-order valence-electron chi connectivity index (χ3n) is 2.16. The number of esters is 1. The van der Waals surface area contributed by atoms with Crippen molar-refractivity contribution < 1.29 is 28.2 Å². The van der Waals surface area contributed by atoms with Gasteiger partial charge in [-0.1, -0.05) is 12.1 Å². The fourth-order valence-electron chi connectivity index (χ4n) is 1.36. The highest BCUT2D eigenvalue weighted by Gasteiger charge is 2.24. The van der Waals surface area contributed by atoms with Gasteiger partial charge in [0, 0.05) is 22.7 Å². The maximum atomic E-state index is 12.3. The molecular formula is C14H22NO4PS. The van der Waals surface area contributed by atoms with Crippen LogP contribution in [0.1, 0.15) is 47.5 Å². The molecule has 1 aromatic rings. The van der Waals surface area contributed by atoms with Crippen molar-refractivity contribution >= 4 is 24.4 Å². The van der Waals surface area contributed by atoms with Gasteiger partial charge in [-0.3, -0.25) is 0 Å². The molecule has 0 saturated carbocycles. The zero-order chi connectivity index (χ0) is 22.0. The normalized spacial score (nSPS) is 20.7. The quantitative estimate of drug-likeness (QED) is 0.607. The predicted octanol–water partition coefficient (Wildman–Crippen LogP) is 3.50. The second-order valence-electron chi connectivity index (χ2n) is 4.21. The maximum absolute atomic E-state index is 12.3. The van der Waals surface area contributed by atoms with E-state index in [2.05, 4.69) is 5.09 Å². The van der Waals surface area contributed by atoms with Gasteiger partial charge >= 0.3 is 12.6 Å². The number of nitrogens with one attached hydrogen (secondary N) is 1. The van der Waals surface area contributed by atoms with E-state index >= 15 is 0 Å². The first-order valence-corrected chi connectivity index (χ1v) is 8.65. The first-order chi connectivity index (χ1) is 12.6. The highest BCUT2D eigenvalue weighted by Crippen LogP contribution is 2.45. The smallest absolute Gasteiger partial charge is 0.342 e. The van der Waals surface area contributed by atoms with Gasteiger partial charge in [-0.2, -0.15) is 0 Å². The molecule has 1 N–H and O–H groups in total. The fraction of sp³-hybridized carbons (Fsp3) is 0.500. The Bertz CT molecular complexity index is 740. The van der Waals surface area contributed by atoms with E-state index in [4.69, 9.17) is 35.2 Å². The van der Waals surface area contributed by atoms with Gasteiger partial charge < -0.3 is 13.8 Å². The Morgan fingerprint density at radius 2 is 2.10 bits per heavy atom. The van der Waals surface area contributed by atoms with Crippen LogP contribution in [0, 0.1) is 0 Å². The topological polar surface area (TPSA) is 56.8 Å². The van der Waals surface area contributed by atoms with Gasteiger partial charge in [0.05, 0.1) is 6.10 Å². The summed E-state index contributed by atoms with van der Waals surface area (Å²) in [5.74, 6) is -0.809. The SMILES string of the molecule is [2H]C([2H])([2H])C([2H])(NP(=S)(OC)Oc1ccccc1C(=O)OC(C)C)C([2H])([2H])[2H]. The lowest BCUT2D eigenvalue weighted by Crippen LogP contribution is -2.23. The first kappa shape index (κ1) is 9.95. The molecule has 0 bridgehead atoms. The summed E-state index contributed by atoms with van der Waals surface area (Å²) in [5.41, 5.74) is -0.0115. The molecular weight excluding hydrogens is 309 g/mol. The fourth-order valence-corrected chi connectivity index (χ4v) is 2.78. The van der Waals surface area contributed by atoms with Crippen LogP contribution in [0.15, 0.2) is 24.3 Å². The number of para-hydroxylation sites is 1. The van der Waals surface area contributed by atoms with Crippen molar-refractivity contribution in [2.24, 2.45) is 0 Å². The minimum absolute atomic E-state index is 0.0115. The number of ether oxygens (including phenoxy) is 1. The largest absolute Gasteiger partial charge is 0.459 e. The van der Waals surface area contributed by atoms with Crippen LogP contribution in [0.2, 0.25) is 0 Å². The number of hydrogen-bond acceptors (Lipinski definition) is 5. The van der Waals surface area contributed by atoms with Crippen LogP contribution in [0.3, 0.4) is 0 Å². The summed E-state index contributed by atoms with van der Waals surface area (Å²) in [6.07, 6.45) is -0.406. The molecule has 0 spiro atoms.